The Balaban J connectivity index is 0.000000129. The summed E-state index contributed by atoms with van der Waals surface area (Å²) in [6.45, 7) is 61.2. The van der Waals surface area contributed by atoms with Crippen molar-refractivity contribution < 1.29 is 22.1 Å². The number of pyridine rings is 8. The molecule has 0 fully saturated rings. The number of fused-ring (bicyclic) bond motifs is 20. The number of aromatic nitrogens is 12. The minimum absolute atomic E-state index is 0.324. The van der Waals surface area contributed by atoms with Crippen LogP contribution in [0.2, 0.25) is 0 Å². The molecule has 0 unspecified atom stereocenters. The molecule has 148 heavy (non-hydrogen) atoms. The van der Waals surface area contributed by atoms with Gasteiger partial charge in [-0.05, 0) is 248 Å². The molecule has 0 radical (unpaired) electrons. The summed E-state index contributed by atoms with van der Waals surface area (Å²) in [4.78, 5) is 77.7. The first-order valence-corrected chi connectivity index (χ1v) is 52.1. The summed E-state index contributed by atoms with van der Waals surface area (Å²) in [6, 6.07) is 65.8. The van der Waals surface area contributed by atoms with E-state index in [1.807, 2.05) is 198 Å². The molecular weight excluding hydrogens is 1840 g/mol. The first kappa shape index (κ1) is 105. The van der Waals surface area contributed by atoms with Crippen molar-refractivity contribution in [1.29, 1.82) is 0 Å². The van der Waals surface area contributed by atoms with E-state index in [0.29, 0.717) is 66.7 Å². The highest BCUT2D eigenvalue weighted by atomic mass is 16.4. The number of anilines is 16. The van der Waals surface area contributed by atoms with Crippen molar-refractivity contribution in [2.75, 3.05) is 89.4 Å². The molecule has 5 aliphatic heterocycles. The van der Waals surface area contributed by atoms with Crippen molar-refractivity contribution in [1.82, 2.24) is 59.8 Å². The van der Waals surface area contributed by atoms with Crippen LogP contribution in [0.3, 0.4) is 0 Å². The lowest BCUT2D eigenvalue weighted by atomic mass is 10.1. The zero-order valence-corrected chi connectivity index (χ0v) is 91.1. The number of hydrogen-bond donors (Lipinski definition) is 0. The maximum Gasteiger partial charge on any atom is 0.227 e. The Morgan fingerprint density at radius 1 is 0.216 bits per heavy atom. The minimum Gasteiger partial charge on any atom is -0.435 e. The Labute approximate surface area is 868 Å². The summed E-state index contributed by atoms with van der Waals surface area (Å²) >= 11 is 0. The molecule has 21 aromatic rings. The van der Waals surface area contributed by atoms with Crippen LogP contribution in [-0.2, 0) is 0 Å². The van der Waals surface area contributed by atoms with Crippen molar-refractivity contribution in [3.05, 3.63) is 288 Å². The smallest absolute Gasteiger partial charge is 0.227 e. The topological polar surface area (TPSA) is 253 Å². The lowest BCUT2D eigenvalue weighted by Crippen LogP contribution is -2.34. The van der Waals surface area contributed by atoms with Crippen molar-refractivity contribution in [3.63, 3.8) is 0 Å². The molecular formula is C121H138N22O5. The molecule has 0 saturated carbocycles. The predicted molar refractivity (Wildman–Crippen MR) is 615 cm³/mol. The number of furan rings is 5. The Bertz CT molecular complexity index is 7870. The van der Waals surface area contributed by atoms with Gasteiger partial charge in [0.2, 0.25) is 28.6 Å². The second kappa shape index (κ2) is 45.1. The fourth-order valence-corrected chi connectivity index (χ4v) is 19.6. The van der Waals surface area contributed by atoms with Gasteiger partial charge in [-0.2, -0.15) is 0 Å². The average Bonchev–Trinajstić information content (AvgIpc) is 1.59. The van der Waals surface area contributed by atoms with E-state index in [2.05, 4.69) is 308 Å². The van der Waals surface area contributed by atoms with Gasteiger partial charge < -0.3 is 71.1 Å². The third-order valence-corrected chi connectivity index (χ3v) is 26.4. The molecule has 0 amide bonds. The molecule has 26 rings (SSSR count). The van der Waals surface area contributed by atoms with Crippen LogP contribution >= 0.6 is 0 Å². The maximum atomic E-state index is 6.31. The van der Waals surface area contributed by atoms with Gasteiger partial charge in [0.15, 0.2) is 68.6 Å². The molecule has 0 N–H and O–H groups in total. The number of benzene rings is 6. The Hall–Kier alpha value is -16.3. The van der Waals surface area contributed by atoms with Crippen LogP contribution in [0.4, 0.5) is 91.9 Å². The molecule has 27 nitrogen and oxygen atoms in total. The second-order valence-electron chi connectivity index (χ2n) is 36.5. The van der Waals surface area contributed by atoms with Gasteiger partial charge in [-0.15, -0.1) is 0 Å². The highest BCUT2D eigenvalue weighted by molar-refractivity contribution is 6.15. The lowest BCUT2D eigenvalue weighted by Gasteiger charge is -2.25. The third-order valence-electron chi connectivity index (χ3n) is 26.4. The minimum atomic E-state index is 0.324. The predicted octanol–water partition coefficient (Wildman–Crippen LogP) is 31.7. The Morgan fingerprint density at radius 3 is 0.831 bits per heavy atom. The summed E-state index contributed by atoms with van der Waals surface area (Å²) < 4.78 is 31.3. The Morgan fingerprint density at radius 2 is 0.473 bits per heavy atom. The molecule has 20 heterocycles. The van der Waals surface area contributed by atoms with Crippen molar-refractivity contribution in [2.24, 2.45) is 0 Å². The van der Waals surface area contributed by atoms with E-state index in [1.165, 1.54) is 11.1 Å². The van der Waals surface area contributed by atoms with Crippen LogP contribution < -0.4 is 49.0 Å². The quantitative estimate of drug-likeness (QED) is 0.130. The van der Waals surface area contributed by atoms with Gasteiger partial charge in [-0.25, -0.2) is 59.8 Å². The number of rotatable bonds is 9. The fraction of sp³-hybridized carbons (Fsp3) is 0.306. The largest absolute Gasteiger partial charge is 0.435 e. The zero-order chi connectivity index (χ0) is 105. The standard InChI is InChI=1S/C25H20N4O.2C22H22N4O.C21H21N5O.C19H17N5O.6C2H6/c1-16-10-12-19-20-13-11-17(2)27-25(20)30-23(19)22(16)29-15-28(18-7-4-3-5-8-18)21-9-6-14-26-24(21)29;1-13(2)25-12-26(18-6-5-11-23-21(18)25)19-14(3)7-9-16-17-10-8-15(4)24-22(17)27-20(16)19;1-13(2)25-12-26(21-18(25)6-5-11-23-21)19-14(3)7-9-16-17-10-8-15(4)24-22(17)27-20(16)19;1-12(2)25-11-26(20-19(25)22-9-10-23-20)17-13(3)5-7-15-16-8-6-14(4)24-21(16)27-18(15)17;1-11-4-6-13-14-7-5-12(2)22-19(14)25-16(13)15(11)24-10-23(3)17-18(24)21-9-8-20-17;6*1-2/h3-14H,15H2,1-2H3;2*5-11,13H,12H2,1-4H3;5-10,12H,11H2,1-4H3;4-9H,10H2,1-3H3;6*1-2H3. The number of hydrogen-bond acceptors (Lipinski definition) is 27. The number of aryl methyl sites for hydroxylation is 10. The second-order valence-corrected chi connectivity index (χ2v) is 36.5. The molecule has 27 heteroatoms. The summed E-state index contributed by atoms with van der Waals surface area (Å²) in [5.74, 6) is 6.44. The molecule has 0 spiro atoms. The molecule has 5 aliphatic rings. The van der Waals surface area contributed by atoms with Gasteiger partial charge in [0.1, 0.15) is 6.67 Å². The molecule has 0 atom stereocenters. The van der Waals surface area contributed by atoms with E-state index in [1.54, 1.807) is 24.8 Å². The SMILES string of the molecule is CC.CC.CC.CC.CC.CC.Cc1ccc2c(n1)oc1c(N3CN(C(C)C)c4cccnc43)c(C)ccc12.Cc1ccc2c(n1)oc1c(N3CN(C(C)C)c4ncccc43)c(C)ccc12.Cc1ccc2c(n1)oc1c(N3CN(C(C)C)c4nccnc43)c(C)ccc12.Cc1ccc2c(n1)oc1c(N3CN(C)c4nccnc43)c(C)ccc12.Cc1ccc2c(n1)oc1c(N3CN(c4ccccc4)c4cccnc43)c(C)ccc12. The van der Waals surface area contributed by atoms with Crippen LogP contribution in [0, 0.1) is 69.2 Å². The highest BCUT2D eigenvalue weighted by Gasteiger charge is 2.39. The Kier molecular flexibility index (Phi) is 31.9. The summed E-state index contributed by atoms with van der Waals surface area (Å²) in [5, 5.41) is 10.6. The van der Waals surface area contributed by atoms with Gasteiger partial charge >= 0.3 is 0 Å². The van der Waals surface area contributed by atoms with E-state index in [4.69, 9.17) is 32.1 Å². The van der Waals surface area contributed by atoms with Crippen LogP contribution in [0.1, 0.15) is 181 Å². The van der Waals surface area contributed by atoms with E-state index >= 15 is 0 Å². The molecule has 0 aliphatic carbocycles. The van der Waals surface area contributed by atoms with Gasteiger partial charge in [0, 0.05) is 157 Å². The highest BCUT2D eigenvalue weighted by Crippen LogP contribution is 2.53. The molecule has 0 saturated heterocycles. The van der Waals surface area contributed by atoms with Crippen molar-refractivity contribution >= 4 is 202 Å². The van der Waals surface area contributed by atoms with Crippen LogP contribution in [0.5, 0.6) is 0 Å². The zero-order valence-electron chi connectivity index (χ0n) is 91.1. The number of para-hydroxylation sites is 1. The monoisotopic (exact) mass is 1980 g/mol. The lowest BCUT2D eigenvalue weighted by molar-refractivity contribution is 0.649. The van der Waals surface area contributed by atoms with Gasteiger partial charge in [-0.3, -0.25) is 0 Å². The molecule has 15 aromatic heterocycles. The van der Waals surface area contributed by atoms with Gasteiger partial charge in [0.25, 0.3) is 0 Å². The normalized spacial score (nSPS) is 12.9. The van der Waals surface area contributed by atoms with Crippen LogP contribution in [0.25, 0.3) is 110 Å². The third kappa shape index (κ3) is 19.4. The first-order valence-electron chi connectivity index (χ1n) is 52.1. The molecule has 6 aromatic carbocycles. The average molecular weight is 1980 g/mol. The van der Waals surface area contributed by atoms with Gasteiger partial charge in [-0.1, -0.05) is 162 Å². The van der Waals surface area contributed by atoms with Crippen LogP contribution in [-0.4, -0.2) is 118 Å². The first-order chi connectivity index (χ1) is 72.0. The molecule has 0 bridgehead atoms. The van der Waals surface area contributed by atoms with E-state index in [-0.39, 0.29) is 0 Å². The fourth-order valence-electron chi connectivity index (χ4n) is 19.6. The summed E-state index contributed by atoms with van der Waals surface area (Å²) in [6.07, 6.45) is 12.5. The van der Waals surface area contributed by atoms with Crippen molar-refractivity contribution in [3.8, 4) is 0 Å². The summed E-state index contributed by atoms with van der Waals surface area (Å²) in [7, 11) is 2.02. The van der Waals surface area contributed by atoms with E-state index < -0.39 is 0 Å². The van der Waals surface area contributed by atoms with E-state index in [9.17, 15) is 0 Å². The summed E-state index contributed by atoms with van der Waals surface area (Å²) in [5.41, 5.74) is 28.1. The van der Waals surface area contributed by atoms with Crippen LogP contribution in [0.15, 0.2) is 254 Å². The van der Waals surface area contributed by atoms with Crippen molar-refractivity contribution in [2.45, 2.75) is 212 Å². The number of nitrogens with zero attached hydrogens (tertiary/aromatic N) is 22. The maximum absolute atomic E-state index is 6.31. The van der Waals surface area contributed by atoms with E-state index in [0.717, 1.165) is 232 Å². The van der Waals surface area contributed by atoms with Gasteiger partial charge in [0.05, 0.1) is 72.2 Å². The molecule has 762 valence electrons.